The first-order valence-electron chi connectivity index (χ1n) is 11.1. The van der Waals surface area contributed by atoms with Crippen molar-refractivity contribution in [2.24, 2.45) is 0 Å². The smallest absolute Gasteiger partial charge is 0.289 e. The molecule has 0 bridgehead atoms. The molecule has 7 nitrogen and oxygen atoms in total. The van der Waals surface area contributed by atoms with E-state index in [2.05, 4.69) is 12.1 Å². The fourth-order valence-electron chi connectivity index (χ4n) is 3.97. The van der Waals surface area contributed by atoms with E-state index in [9.17, 15) is 9.59 Å². The third kappa shape index (κ3) is 4.87. The van der Waals surface area contributed by atoms with Crippen molar-refractivity contribution in [2.45, 2.75) is 6.54 Å². The van der Waals surface area contributed by atoms with E-state index in [-0.39, 0.29) is 11.8 Å². The van der Waals surface area contributed by atoms with E-state index in [1.165, 1.54) is 6.26 Å². The molecule has 0 aliphatic carbocycles. The van der Waals surface area contributed by atoms with E-state index in [1.807, 2.05) is 52.7 Å². The van der Waals surface area contributed by atoms with E-state index in [0.29, 0.717) is 38.5 Å². The fraction of sp³-hybridized carbons (Fsp3) is 0.192. The van der Waals surface area contributed by atoms with Crippen molar-refractivity contribution < 1.29 is 14.0 Å². The minimum atomic E-state index is -0.140. The normalized spacial score (nSPS) is 14.1. The van der Waals surface area contributed by atoms with Crippen LogP contribution in [0.5, 0.6) is 0 Å². The SMILES string of the molecule is O=C(C=Cc1cn(Cc2ccccc2)nc1-c1cccs1)N1CCN(C(=O)c2ccco2)CC1. The van der Waals surface area contributed by atoms with Crippen LogP contribution < -0.4 is 0 Å². The summed E-state index contributed by atoms with van der Waals surface area (Å²) in [6.07, 6.45) is 6.91. The highest BCUT2D eigenvalue weighted by atomic mass is 32.1. The molecule has 0 radical (unpaired) electrons. The molecule has 34 heavy (non-hydrogen) atoms. The lowest BCUT2D eigenvalue weighted by molar-refractivity contribution is -0.127. The monoisotopic (exact) mass is 472 g/mol. The van der Waals surface area contributed by atoms with Crippen LogP contribution in [-0.4, -0.2) is 57.6 Å². The van der Waals surface area contributed by atoms with Crippen LogP contribution in [0.2, 0.25) is 0 Å². The number of piperazine rings is 1. The minimum absolute atomic E-state index is 0.0713. The van der Waals surface area contributed by atoms with Gasteiger partial charge in [0.25, 0.3) is 5.91 Å². The molecule has 172 valence electrons. The number of hydrogen-bond donors (Lipinski definition) is 0. The van der Waals surface area contributed by atoms with Crippen LogP contribution in [0.25, 0.3) is 16.6 Å². The molecule has 0 spiro atoms. The van der Waals surface area contributed by atoms with Crippen molar-refractivity contribution in [3.8, 4) is 10.6 Å². The van der Waals surface area contributed by atoms with Crippen molar-refractivity contribution in [3.63, 3.8) is 0 Å². The number of carbonyl (C=O) groups excluding carboxylic acids is 2. The quantitative estimate of drug-likeness (QED) is 0.394. The first-order valence-corrected chi connectivity index (χ1v) is 12.0. The van der Waals surface area contributed by atoms with Crippen LogP contribution in [0.3, 0.4) is 0 Å². The molecular weight excluding hydrogens is 448 g/mol. The van der Waals surface area contributed by atoms with E-state index < -0.39 is 0 Å². The number of benzene rings is 1. The number of rotatable bonds is 6. The van der Waals surface area contributed by atoms with Crippen molar-refractivity contribution in [1.82, 2.24) is 19.6 Å². The molecular formula is C26H24N4O3S. The Kier molecular flexibility index (Phi) is 6.40. The Bertz CT molecular complexity index is 1270. The van der Waals surface area contributed by atoms with Crippen LogP contribution in [0, 0.1) is 0 Å². The van der Waals surface area contributed by atoms with Crippen LogP contribution >= 0.6 is 11.3 Å². The molecule has 1 fully saturated rings. The molecule has 5 rings (SSSR count). The van der Waals surface area contributed by atoms with Gasteiger partial charge in [0.05, 0.1) is 17.7 Å². The van der Waals surface area contributed by atoms with E-state index in [0.717, 1.165) is 21.7 Å². The van der Waals surface area contributed by atoms with Gasteiger partial charge < -0.3 is 14.2 Å². The van der Waals surface area contributed by atoms with Crippen LogP contribution in [0.4, 0.5) is 0 Å². The summed E-state index contributed by atoms with van der Waals surface area (Å²) in [6, 6.07) is 17.6. The number of amides is 2. The van der Waals surface area contributed by atoms with Crippen LogP contribution in [-0.2, 0) is 11.3 Å². The molecule has 2 amide bonds. The van der Waals surface area contributed by atoms with Gasteiger partial charge in [-0.3, -0.25) is 14.3 Å². The number of thiophene rings is 1. The van der Waals surface area contributed by atoms with Crippen molar-refractivity contribution in [1.29, 1.82) is 0 Å². The van der Waals surface area contributed by atoms with Crippen molar-refractivity contribution in [3.05, 3.63) is 95.4 Å². The van der Waals surface area contributed by atoms with Gasteiger partial charge in [0, 0.05) is 44.0 Å². The Hall–Kier alpha value is -3.91. The minimum Gasteiger partial charge on any atom is -0.459 e. The summed E-state index contributed by atoms with van der Waals surface area (Å²) < 4.78 is 7.11. The van der Waals surface area contributed by atoms with Gasteiger partial charge in [-0.2, -0.15) is 5.10 Å². The maximum atomic E-state index is 12.9. The zero-order valence-electron chi connectivity index (χ0n) is 18.5. The molecule has 3 aromatic heterocycles. The molecule has 1 aliphatic heterocycles. The Morgan fingerprint density at radius 2 is 1.76 bits per heavy atom. The molecule has 0 saturated carbocycles. The molecule has 0 atom stereocenters. The molecule has 4 aromatic rings. The van der Waals surface area contributed by atoms with Crippen molar-refractivity contribution in [2.75, 3.05) is 26.2 Å². The molecule has 8 heteroatoms. The predicted molar refractivity (Wildman–Crippen MR) is 131 cm³/mol. The van der Waals surface area contributed by atoms with E-state index in [4.69, 9.17) is 9.52 Å². The summed E-state index contributed by atoms with van der Waals surface area (Å²) in [5, 5.41) is 6.81. The van der Waals surface area contributed by atoms with Gasteiger partial charge in [-0.15, -0.1) is 11.3 Å². The Morgan fingerprint density at radius 3 is 2.47 bits per heavy atom. The second-order valence-electron chi connectivity index (χ2n) is 8.02. The first kappa shape index (κ1) is 21.9. The number of nitrogens with zero attached hydrogens (tertiary/aromatic N) is 4. The van der Waals surface area contributed by atoms with Gasteiger partial charge in [0.1, 0.15) is 5.69 Å². The fourth-order valence-corrected chi connectivity index (χ4v) is 4.70. The Morgan fingerprint density at radius 1 is 0.971 bits per heavy atom. The van der Waals surface area contributed by atoms with Crippen LogP contribution in [0.1, 0.15) is 21.7 Å². The largest absolute Gasteiger partial charge is 0.459 e. The molecule has 1 aromatic carbocycles. The molecule has 0 unspecified atom stereocenters. The topological polar surface area (TPSA) is 71.6 Å². The second kappa shape index (κ2) is 9.93. The lowest BCUT2D eigenvalue weighted by Gasteiger charge is -2.33. The van der Waals surface area contributed by atoms with Crippen LogP contribution in [0.15, 0.2) is 82.9 Å². The van der Waals surface area contributed by atoms with Crippen molar-refractivity contribution >= 4 is 29.2 Å². The van der Waals surface area contributed by atoms with E-state index in [1.54, 1.807) is 39.3 Å². The molecule has 1 aliphatic rings. The molecule has 0 N–H and O–H groups in total. The summed E-state index contributed by atoms with van der Waals surface area (Å²) in [5.74, 6) is 0.116. The van der Waals surface area contributed by atoms with Gasteiger partial charge in [0.15, 0.2) is 5.76 Å². The lowest BCUT2D eigenvalue weighted by atomic mass is 10.2. The predicted octanol–water partition coefficient (Wildman–Crippen LogP) is 4.25. The maximum Gasteiger partial charge on any atom is 0.289 e. The summed E-state index contributed by atoms with van der Waals surface area (Å²) in [7, 11) is 0. The van der Waals surface area contributed by atoms with Gasteiger partial charge >= 0.3 is 0 Å². The first-order chi connectivity index (χ1) is 16.7. The average molecular weight is 473 g/mol. The van der Waals surface area contributed by atoms with Gasteiger partial charge in [-0.05, 0) is 35.2 Å². The average Bonchev–Trinajstić information content (AvgIpc) is 3.65. The summed E-state index contributed by atoms with van der Waals surface area (Å²) in [4.78, 5) is 29.8. The lowest BCUT2D eigenvalue weighted by Crippen LogP contribution is -2.50. The zero-order chi connectivity index (χ0) is 23.3. The number of carbonyl (C=O) groups is 2. The number of aromatic nitrogens is 2. The molecule has 1 saturated heterocycles. The standard InChI is InChI=1S/C26H24N4O3S/c31-24(28-12-14-29(15-13-28)26(32)22-8-4-16-33-22)11-10-21-19-30(18-20-6-2-1-3-7-20)27-25(21)23-9-5-17-34-23/h1-11,16-17,19H,12-15,18H2. The van der Waals surface area contributed by atoms with Gasteiger partial charge in [0.2, 0.25) is 5.91 Å². The Labute approximate surface area is 201 Å². The highest BCUT2D eigenvalue weighted by Crippen LogP contribution is 2.28. The Balaban J connectivity index is 1.27. The summed E-state index contributed by atoms with van der Waals surface area (Å²) in [5.41, 5.74) is 2.93. The highest BCUT2D eigenvalue weighted by Gasteiger charge is 2.25. The third-order valence-corrected chi connectivity index (χ3v) is 6.62. The van der Waals surface area contributed by atoms with E-state index >= 15 is 0 Å². The number of hydrogen-bond acceptors (Lipinski definition) is 5. The zero-order valence-corrected chi connectivity index (χ0v) is 19.4. The highest BCUT2D eigenvalue weighted by molar-refractivity contribution is 7.13. The summed E-state index contributed by atoms with van der Waals surface area (Å²) in [6.45, 7) is 2.59. The molecule has 4 heterocycles. The maximum absolute atomic E-state index is 12.9. The summed E-state index contributed by atoms with van der Waals surface area (Å²) >= 11 is 1.62. The van der Waals surface area contributed by atoms with Gasteiger partial charge in [-0.1, -0.05) is 36.4 Å². The van der Waals surface area contributed by atoms with Gasteiger partial charge in [-0.25, -0.2) is 0 Å². The second-order valence-corrected chi connectivity index (χ2v) is 8.97. The number of furan rings is 1. The third-order valence-electron chi connectivity index (χ3n) is 5.75.